The molecule has 0 radical (unpaired) electrons. The van der Waals surface area contributed by atoms with Crippen molar-refractivity contribution >= 4 is 46.7 Å². The number of rotatable bonds is 8. The second-order valence-corrected chi connectivity index (χ2v) is 7.29. The highest BCUT2D eigenvalue weighted by Crippen LogP contribution is 2.29. The highest BCUT2D eigenvalue weighted by atomic mass is 35.5. The van der Waals surface area contributed by atoms with Gasteiger partial charge in [-0.2, -0.15) is 0 Å². The normalized spacial score (nSPS) is 12.0. The van der Waals surface area contributed by atoms with Gasteiger partial charge < -0.3 is 10.6 Å². The number of benzene rings is 1. The molecular formula is C18H26Cl2N4O3. The van der Waals surface area contributed by atoms with Crippen molar-refractivity contribution in [3.05, 3.63) is 28.2 Å². The van der Waals surface area contributed by atoms with E-state index in [1.165, 1.54) is 0 Å². The van der Waals surface area contributed by atoms with Crippen LogP contribution in [0.2, 0.25) is 10.0 Å². The summed E-state index contributed by atoms with van der Waals surface area (Å²) >= 11 is 12.1. The monoisotopic (exact) mass is 416 g/mol. The lowest BCUT2D eigenvalue weighted by atomic mass is 10.2. The van der Waals surface area contributed by atoms with E-state index in [0.29, 0.717) is 28.8 Å². The molecule has 0 spiro atoms. The number of urea groups is 1. The predicted molar refractivity (Wildman–Crippen MR) is 108 cm³/mol. The summed E-state index contributed by atoms with van der Waals surface area (Å²) in [6.45, 7) is 8.20. The Labute approximate surface area is 169 Å². The average molecular weight is 417 g/mol. The van der Waals surface area contributed by atoms with Crippen molar-refractivity contribution in [3.8, 4) is 0 Å². The van der Waals surface area contributed by atoms with E-state index in [-0.39, 0.29) is 18.4 Å². The van der Waals surface area contributed by atoms with Gasteiger partial charge in [-0.1, -0.05) is 50.0 Å². The molecule has 3 N–H and O–H groups in total. The zero-order valence-electron chi connectivity index (χ0n) is 15.9. The molecule has 1 aromatic rings. The van der Waals surface area contributed by atoms with E-state index in [2.05, 4.69) is 16.0 Å². The number of nitrogens with zero attached hydrogens (tertiary/aromatic N) is 1. The number of carbonyl (C=O) groups excluding carboxylic acids is 3. The van der Waals surface area contributed by atoms with Crippen molar-refractivity contribution in [2.75, 3.05) is 25.0 Å². The van der Waals surface area contributed by atoms with Gasteiger partial charge in [0.05, 0.1) is 28.3 Å². The Morgan fingerprint density at radius 3 is 2.22 bits per heavy atom. The minimum Gasteiger partial charge on any atom is -0.338 e. The van der Waals surface area contributed by atoms with Crippen LogP contribution in [0.1, 0.15) is 27.7 Å². The van der Waals surface area contributed by atoms with Gasteiger partial charge in [0.15, 0.2) is 0 Å². The summed E-state index contributed by atoms with van der Waals surface area (Å²) in [6, 6.07) is 3.69. The van der Waals surface area contributed by atoms with Crippen molar-refractivity contribution < 1.29 is 14.4 Å². The molecule has 0 heterocycles. The summed E-state index contributed by atoms with van der Waals surface area (Å²) in [5.41, 5.74) is 0.326. The van der Waals surface area contributed by atoms with Gasteiger partial charge in [0.2, 0.25) is 11.8 Å². The molecule has 0 saturated heterocycles. The van der Waals surface area contributed by atoms with Crippen molar-refractivity contribution in [1.82, 2.24) is 15.5 Å². The van der Waals surface area contributed by atoms with Crippen molar-refractivity contribution in [1.29, 1.82) is 0 Å². The highest BCUT2D eigenvalue weighted by molar-refractivity contribution is 6.39. The third kappa shape index (κ3) is 7.74. The van der Waals surface area contributed by atoms with Gasteiger partial charge in [-0.25, -0.2) is 4.79 Å². The molecule has 27 heavy (non-hydrogen) atoms. The third-order valence-corrected chi connectivity index (χ3v) is 4.44. The van der Waals surface area contributed by atoms with Gasteiger partial charge in [-0.3, -0.25) is 19.8 Å². The fourth-order valence-corrected chi connectivity index (χ4v) is 2.72. The van der Waals surface area contributed by atoms with Crippen molar-refractivity contribution in [2.24, 2.45) is 5.92 Å². The quantitative estimate of drug-likeness (QED) is 0.606. The van der Waals surface area contributed by atoms with Gasteiger partial charge in [0, 0.05) is 6.54 Å². The van der Waals surface area contributed by atoms with E-state index in [9.17, 15) is 14.4 Å². The molecule has 150 valence electrons. The molecule has 9 heteroatoms. The number of halogens is 2. The topological polar surface area (TPSA) is 90.5 Å². The molecule has 0 saturated carbocycles. The standard InChI is InChI=1S/C18H26Cl2N4O3/c1-5-24(12(4)17(26)23-18(27)21-9-11(2)3)10-15(25)22-16-13(19)7-6-8-14(16)20/h6-8,11-12H,5,9-10H2,1-4H3,(H,22,25)(H2,21,23,26,27). The van der Waals surface area contributed by atoms with Crippen LogP contribution in [0.5, 0.6) is 0 Å². The van der Waals surface area contributed by atoms with E-state index in [0.717, 1.165) is 0 Å². The number of para-hydroxylation sites is 1. The first-order valence-corrected chi connectivity index (χ1v) is 9.47. The molecule has 0 aromatic heterocycles. The number of hydrogen-bond donors (Lipinski definition) is 3. The van der Waals surface area contributed by atoms with Crippen LogP contribution in [0, 0.1) is 5.92 Å². The van der Waals surface area contributed by atoms with E-state index in [1.807, 2.05) is 20.8 Å². The number of amides is 4. The summed E-state index contributed by atoms with van der Waals surface area (Å²) in [5, 5.41) is 8.21. The van der Waals surface area contributed by atoms with Gasteiger partial charge in [-0.05, 0) is 31.5 Å². The summed E-state index contributed by atoms with van der Waals surface area (Å²) in [4.78, 5) is 38.0. The number of hydrogen-bond acceptors (Lipinski definition) is 4. The fourth-order valence-electron chi connectivity index (χ4n) is 2.23. The molecule has 1 unspecified atom stereocenters. The maximum absolute atomic E-state index is 12.3. The molecule has 0 aliphatic heterocycles. The van der Waals surface area contributed by atoms with Crippen molar-refractivity contribution in [3.63, 3.8) is 0 Å². The van der Waals surface area contributed by atoms with Crippen LogP contribution in [0.25, 0.3) is 0 Å². The first-order valence-electron chi connectivity index (χ1n) is 8.72. The summed E-state index contributed by atoms with van der Waals surface area (Å²) in [6.07, 6.45) is 0. The lowest BCUT2D eigenvalue weighted by Crippen LogP contribution is -2.51. The molecule has 0 bridgehead atoms. The lowest BCUT2D eigenvalue weighted by molar-refractivity contribution is -0.126. The minimum atomic E-state index is -0.674. The Morgan fingerprint density at radius 2 is 1.70 bits per heavy atom. The number of imide groups is 1. The Morgan fingerprint density at radius 1 is 1.11 bits per heavy atom. The summed E-state index contributed by atoms with van der Waals surface area (Å²) in [7, 11) is 0. The van der Waals surface area contributed by atoms with Crippen LogP contribution in [-0.2, 0) is 9.59 Å². The highest BCUT2D eigenvalue weighted by Gasteiger charge is 2.24. The van der Waals surface area contributed by atoms with Crippen LogP contribution in [-0.4, -0.2) is 48.4 Å². The van der Waals surface area contributed by atoms with Crippen molar-refractivity contribution in [2.45, 2.75) is 33.7 Å². The Kier molecular flexibility index (Phi) is 9.55. The Balaban J connectivity index is 2.64. The van der Waals surface area contributed by atoms with E-state index in [1.54, 1.807) is 30.0 Å². The fraction of sp³-hybridized carbons (Fsp3) is 0.500. The molecule has 0 aliphatic rings. The SMILES string of the molecule is CCN(CC(=O)Nc1c(Cl)cccc1Cl)C(C)C(=O)NC(=O)NCC(C)C. The molecule has 0 aliphatic carbocycles. The number of anilines is 1. The van der Waals surface area contributed by atoms with Crippen LogP contribution in [0.15, 0.2) is 18.2 Å². The number of carbonyl (C=O) groups is 3. The van der Waals surface area contributed by atoms with E-state index >= 15 is 0 Å². The minimum absolute atomic E-state index is 0.0553. The Bertz CT molecular complexity index is 662. The summed E-state index contributed by atoms with van der Waals surface area (Å²) < 4.78 is 0. The number of nitrogens with one attached hydrogen (secondary N) is 3. The first kappa shape index (κ1) is 23.2. The van der Waals surface area contributed by atoms with Gasteiger partial charge in [-0.15, -0.1) is 0 Å². The average Bonchev–Trinajstić information content (AvgIpc) is 2.60. The molecule has 4 amide bonds. The van der Waals surface area contributed by atoms with Gasteiger partial charge >= 0.3 is 6.03 Å². The third-order valence-electron chi connectivity index (χ3n) is 3.81. The lowest BCUT2D eigenvalue weighted by Gasteiger charge is -2.26. The molecule has 1 atom stereocenters. The zero-order chi connectivity index (χ0) is 20.6. The molecular weight excluding hydrogens is 391 g/mol. The summed E-state index contributed by atoms with van der Waals surface area (Å²) in [5.74, 6) is -0.576. The molecule has 1 rings (SSSR count). The van der Waals surface area contributed by atoms with Crippen LogP contribution in [0.4, 0.5) is 10.5 Å². The smallest absolute Gasteiger partial charge is 0.321 e. The second-order valence-electron chi connectivity index (χ2n) is 6.48. The van der Waals surface area contributed by atoms with Gasteiger partial charge in [0.1, 0.15) is 0 Å². The largest absolute Gasteiger partial charge is 0.338 e. The van der Waals surface area contributed by atoms with Crippen LogP contribution < -0.4 is 16.0 Å². The van der Waals surface area contributed by atoms with Crippen LogP contribution in [0.3, 0.4) is 0 Å². The maximum atomic E-state index is 12.3. The van der Waals surface area contributed by atoms with Gasteiger partial charge in [0.25, 0.3) is 0 Å². The molecule has 1 aromatic carbocycles. The predicted octanol–water partition coefficient (Wildman–Crippen LogP) is 3.12. The van der Waals surface area contributed by atoms with E-state index in [4.69, 9.17) is 23.2 Å². The van der Waals surface area contributed by atoms with Crippen LogP contribution >= 0.6 is 23.2 Å². The zero-order valence-corrected chi connectivity index (χ0v) is 17.4. The first-order chi connectivity index (χ1) is 12.6. The Hall–Kier alpha value is -1.83. The molecule has 0 fully saturated rings. The number of likely N-dealkylation sites (N-methyl/N-ethyl adjacent to an activating group) is 1. The maximum Gasteiger partial charge on any atom is 0.321 e. The second kappa shape index (κ2) is 11.1. The molecule has 7 nitrogen and oxygen atoms in total. The van der Waals surface area contributed by atoms with E-state index < -0.39 is 18.0 Å².